The summed E-state index contributed by atoms with van der Waals surface area (Å²) in [6, 6.07) is 12.2. The minimum absolute atomic E-state index is 0.134. The molecule has 0 radical (unpaired) electrons. The molecule has 2 aromatic heterocycles. The highest BCUT2D eigenvalue weighted by Crippen LogP contribution is 2.26. The number of hydrogen-bond donors (Lipinski definition) is 1. The molecular formula is C20H25N5O2S. The summed E-state index contributed by atoms with van der Waals surface area (Å²) >= 11 is 1.25. The molecule has 0 unspecified atom stereocenters. The van der Waals surface area contributed by atoms with E-state index in [4.69, 9.17) is 4.42 Å². The standard InChI is InChI=1S/C20H25N5O2S/c1-13(2)25-17(10-11-21-25)22-19(26)15(4)28-20-24-23-18(27-20)12-14(3)16-8-6-5-7-9-16/h5-11,13-15H,12H2,1-4H3,(H,22,26)/t14-,15-/m1/s1. The van der Waals surface area contributed by atoms with Gasteiger partial charge in [0, 0.05) is 18.5 Å². The summed E-state index contributed by atoms with van der Waals surface area (Å²) in [4.78, 5) is 12.5. The summed E-state index contributed by atoms with van der Waals surface area (Å²) in [6.07, 6.45) is 2.33. The first-order chi connectivity index (χ1) is 13.4. The van der Waals surface area contributed by atoms with E-state index in [0.717, 1.165) is 0 Å². The van der Waals surface area contributed by atoms with Crippen molar-refractivity contribution in [1.29, 1.82) is 0 Å². The highest BCUT2D eigenvalue weighted by atomic mass is 32.2. The fraction of sp³-hybridized carbons (Fsp3) is 0.400. The quantitative estimate of drug-likeness (QED) is 0.568. The fourth-order valence-corrected chi connectivity index (χ4v) is 3.49. The van der Waals surface area contributed by atoms with E-state index in [-0.39, 0.29) is 23.1 Å². The minimum atomic E-state index is -0.379. The predicted molar refractivity (Wildman–Crippen MR) is 109 cm³/mol. The third-order valence-electron chi connectivity index (χ3n) is 4.36. The van der Waals surface area contributed by atoms with Gasteiger partial charge >= 0.3 is 0 Å². The molecule has 3 rings (SSSR count). The minimum Gasteiger partial charge on any atom is -0.416 e. The van der Waals surface area contributed by atoms with Crippen molar-refractivity contribution < 1.29 is 9.21 Å². The van der Waals surface area contributed by atoms with Crippen molar-refractivity contribution in [2.24, 2.45) is 0 Å². The van der Waals surface area contributed by atoms with Gasteiger partial charge in [-0.2, -0.15) is 5.10 Å². The first kappa shape index (κ1) is 20.1. The second kappa shape index (κ2) is 9.05. The molecule has 148 valence electrons. The van der Waals surface area contributed by atoms with E-state index in [0.29, 0.717) is 23.4 Å². The molecule has 8 heteroatoms. The van der Waals surface area contributed by atoms with Crippen molar-refractivity contribution in [2.75, 3.05) is 5.32 Å². The van der Waals surface area contributed by atoms with E-state index in [9.17, 15) is 4.79 Å². The molecule has 0 aliphatic heterocycles. The van der Waals surface area contributed by atoms with Crippen LogP contribution in [0, 0.1) is 0 Å². The van der Waals surface area contributed by atoms with Crippen LogP contribution in [0.1, 0.15) is 51.1 Å². The van der Waals surface area contributed by atoms with Crippen molar-refractivity contribution in [1.82, 2.24) is 20.0 Å². The van der Waals surface area contributed by atoms with Crippen LogP contribution in [0.4, 0.5) is 5.82 Å². The summed E-state index contributed by atoms with van der Waals surface area (Å²) in [5, 5.41) is 15.3. The van der Waals surface area contributed by atoms with Crippen LogP contribution in [0.15, 0.2) is 52.2 Å². The van der Waals surface area contributed by atoms with E-state index >= 15 is 0 Å². The lowest BCUT2D eigenvalue weighted by Gasteiger charge is -2.13. The van der Waals surface area contributed by atoms with Crippen LogP contribution in [0.3, 0.4) is 0 Å². The zero-order valence-electron chi connectivity index (χ0n) is 16.5. The zero-order chi connectivity index (χ0) is 20.1. The van der Waals surface area contributed by atoms with Gasteiger partial charge in [0.1, 0.15) is 5.82 Å². The van der Waals surface area contributed by atoms with Gasteiger partial charge in [0.05, 0.1) is 11.4 Å². The molecule has 0 aliphatic rings. The number of carbonyl (C=O) groups excluding carboxylic acids is 1. The normalized spacial score (nSPS) is 13.5. The molecule has 0 saturated heterocycles. The van der Waals surface area contributed by atoms with Gasteiger partial charge in [-0.25, -0.2) is 4.68 Å². The summed E-state index contributed by atoms with van der Waals surface area (Å²) < 4.78 is 7.51. The molecule has 0 bridgehead atoms. The van der Waals surface area contributed by atoms with Gasteiger partial charge in [0.2, 0.25) is 11.8 Å². The number of thioether (sulfide) groups is 1. The molecule has 0 spiro atoms. The highest BCUT2D eigenvalue weighted by Gasteiger charge is 2.20. The zero-order valence-corrected chi connectivity index (χ0v) is 17.3. The van der Waals surface area contributed by atoms with Gasteiger partial charge in [0.25, 0.3) is 5.22 Å². The molecule has 0 fully saturated rings. The highest BCUT2D eigenvalue weighted by molar-refractivity contribution is 8.00. The average molecular weight is 400 g/mol. The summed E-state index contributed by atoms with van der Waals surface area (Å²) in [7, 11) is 0. The number of aromatic nitrogens is 4. The van der Waals surface area contributed by atoms with Crippen molar-refractivity contribution in [3.05, 3.63) is 54.0 Å². The predicted octanol–water partition coefficient (Wildman–Crippen LogP) is 4.31. The van der Waals surface area contributed by atoms with Crippen molar-refractivity contribution in [3.8, 4) is 0 Å². The molecular weight excluding hydrogens is 374 g/mol. The van der Waals surface area contributed by atoms with Gasteiger partial charge < -0.3 is 9.73 Å². The molecule has 7 nitrogen and oxygen atoms in total. The molecule has 0 saturated carbocycles. The SMILES string of the molecule is CC(C)n1nccc1NC(=O)[C@@H](C)Sc1nnc(C[C@@H](C)c2ccccc2)o1. The third-order valence-corrected chi connectivity index (χ3v) is 5.29. The summed E-state index contributed by atoms with van der Waals surface area (Å²) in [5.41, 5.74) is 1.23. The average Bonchev–Trinajstić information content (AvgIpc) is 3.31. The number of amides is 1. The molecule has 1 amide bonds. The van der Waals surface area contributed by atoms with Crippen molar-refractivity contribution in [2.45, 2.75) is 56.5 Å². The Labute approximate surface area is 168 Å². The lowest BCUT2D eigenvalue weighted by Crippen LogP contribution is -2.24. The maximum atomic E-state index is 12.5. The number of rotatable bonds is 8. The van der Waals surface area contributed by atoms with E-state index in [2.05, 4.69) is 39.7 Å². The molecule has 28 heavy (non-hydrogen) atoms. The van der Waals surface area contributed by atoms with E-state index < -0.39 is 0 Å². The number of nitrogens with zero attached hydrogens (tertiary/aromatic N) is 4. The van der Waals surface area contributed by atoms with E-state index in [1.807, 2.05) is 39.0 Å². The monoisotopic (exact) mass is 399 g/mol. The molecule has 0 aliphatic carbocycles. The van der Waals surface area contributed by atoms with Gasteiger partial charge in [-0.15, -0.1) is 10.2 Å². The molecule has 3 aromatic rings. The lowest BCUT2D eigenvalue weighted by atomic mass is 9.98. The number of hydrogen-bond acceptors (Lipinski definition) is 6. The Morgan fingerprint density at radius 2 is 1.89 bits per heavy atom. The Balaban J connectivity index is 1.56. The lowest BCUT2D eigenvalue weighted by molar-refractivity contribution is -0.115. The van der Waals surface area contributed by atoms with Crippen LogP contribution in [0.2, 0.25) is 0 Å². The van der Waals surface area contributed by atoms with Gasteiger partial charge in [-0.3, -0.25) is 4.79 Å². The number of anilines is 1. The second-order valence-corrected chi connectivity index (χ2v) is 8.27. The maximum Gasteiger partial charge on any atom is 0.277 e. The van der Waals surface area contributed by atoms with Crippen molar-refractivity contribution in [3.63, 3.8) is 0 Å². The number of nitrogens with one attached hydrogen (secondary N) is 1. The Morgan fingerprint density at radius 3 is 2.61 bits per heavy atom. The topological polar surface area (TPSA) is 85.8 Å². The first-order valence-electron chi connectivity index (χ1n) is 9.32. The second-order valence-electron chi connectivity index (χ2n) is 6.98. The first-order valence-corrected chi connectivity index (χ1v) is 10.2. The Kier molecular flexibility index (Phi) is 6.51. The van der Waals surface area contributed by atoms with Crippen LogP contribution in [-0.2, 0) is 11.2 Å². The van der Waals surface area contributed by atoms with Crippen LogP contribution < -0.4 is 5.32 Å². The van der Waals surface area contributed by atoms with Crippen LogP contribution in [0.25, 0.3) is 0 Å². The largest absolute Gasteiger partial charge is 0.416 e. The summed E-state index contributed by atoms with van der Waals surface area (Å²) in [5.74, 6) is 1.39. The van der Waals surface area contributed by atoms with E-state index in [1.165, 1.54) is 17.3 Å². The number of benzene rings is 1. The smallest absolute Gasteiger partial charge is 0.277 e. The van der Waals surface area contributed by atoms with Gasteiger partial charge in [0.15, 0.2) is 0 Å². The van der Waals surface area contributed by atoms with Crippen LogP contribution in [-0.4, -0.2) is 31.1 Å². The maximum absolute atomic E-state index is 12.5. The van der Waals surface area contributed by atoms with Gasteiger partial charge in [-0.1, -0.05) is 49.0 Å². The molecule has 2 atom stereocenters. The Hall–Kier alpha value is -2.61. The Bertz CT molecular complexity index is 906. The van der Waals surface area contributed by atoms with Crippen molar-refractivity contribution >= 4 is 23.5 Å². The van der Waals surface area contributed by atoms with Crippen LogP contribution in [0.5, 0.6) is 0 Å². The molecule has 1 aromatic carbocycles. The summed E-state index contributed by atoms with van der Waals surface area (Å²) in [6.45, 7) is 7.96. The molecule has 2 heterocycles. The fourth-order valence-electron chi connectivity index (χ4n) is 2.79. The Morgan fingerprint density at radius 1 is 1.14 bits per heavy atom. The van der Waals surface area contributed by atoms with Gasteiger partial charge in [-0.05, 0) is 32.3 Å². The third kappa shape index (κ3) is 5.01. The number of carbonyl (C=O) groups is 1. The van der Waals surface area contributed by atoms with E-state index in [1.54, 1.807) is 16.9 Å². The molecule has 1 N–H and O–H groups in total. The van der Waals surface area contributed by atoms with Crippen LogP contribution >= 0.6 is 11.8 Å².